The predicted octanol–water partition coefficient (Wildman–Crippen LogP) is 4.71. The van der Waals surface area contributed by atoms with E-state index in [9.17, 15) is 4.79 Å². The fourth-order valence-corrected chi connectivity index (χ4v) is 3.28. The fourth-order valence-electron chi connectivity index (χ4n) is 2.24. The lowest BCUT2D eigenvalue weighted by atomic mass is 9.97. The van der Waals surface area contributed by atoms with Gasteiger partial charge >= 0.3 is 5.97 Å². The van der Waals surface area contributed by atoms with Crippen molar-refractivity contribution in [1.29, 1.82) is 0 Å². The molecule has 1 aromatic heterocycles. The van der Waals surface area contributed by atoms with E-state index in [4.69, 9.17) is 16.7 Å². The molecule has 2 atom stereocenters. The van der Waals surface area contributed by atoms with Gasteiger partial charge in [0.15, 0.2) is 0 Å². The molecular formula is C17H14ClNO2S. The van der Waals surface area contributed by atoms with Gasteiger partial charge in [-0.2, -0.15) is 0 Å². The van der Waals surface area contributed by atoms with Gasteiger partial charge in [0.2, 0.25) is 0 Å². The monoisotopic (exact) mass is 331 g/mol. The quantitative estimate of drug-likeness (QED) is 0.829. The third-order valence-corrected chi connectivity index (χ3v) is 4.99. The summed E-state index contributed by atoms with van der Waals surface area (Å²) >= 11 is 7.77. The summed E-state index contributed by atoms with van der Waals surface area (Å²) in [6, 6.07) is 6.82. The number of carboxylic acids is 1. The van der Waals surface area contributed by atoms with Gasteiger partial charge < -0.3 is 5.11 Å². The van der Waals surface area contributed by atoms with E-state index in [1.54, 1.807) is 18.2 Å². The second kappa shape index (κ2) is 6.07. The van der Waals surface area contributed by atoms with Crippen LogP contribution in [-0.4, -0.2) is 21.4 Å². The fraction of sp³-hybridized carbons (Fsp3) is 0.176. The van der Waals surface area contributed by atoms with Gasteiger partial charge in [-0.25, -0.2) is 9.78 Å². The lowest BCUT2D eigenvalue weighted by Crippen LogP contribution is -2.09. The molecule has 1 N–H and O–H groups in total. The van der Waals surface area contributed by atoms with Crippen LogP contribution in [0.15, 0.2) is 47.9 Å². The summed E-state index contributed by atoms with van der Waals surface area (Å²) < 4.78 is 0. The summed E-state index contributed by atoms with van der Waals surface area (Å²) in [4.78, 5) is 15.7. The molecule has 22 heavy (non-hydrogen) atoms. The molecular weight excluding hydrogens is 318 g/mol. The summed E-state index contributed by atoms with van der Waals surface area (Å²) in [5.41, 5.74) is 2.96. The van der Waals surface area contributed by atoms with E-state index in [0.29, 0.717) is 5.92 Å². The van der Waals surface area contributed by atoms with Gasteiger partial charge in [-0.05, 0) is 23.6 Å². The molecule has 2 unspecified atom stereocenters. The van der Waals surface area contributed by atoms with Crippen LogP contribution in [0.4, 0.5) is 0 Å². The smallest absolute Gasteiger partial charge is 0.335 e. The van der Waals surface area contributed by atoms with Crippen molar-refractivity contribution in [2.75, 3.05) is 0 Å². The van der Waals surface area contributed by atoms with Crippen LogP contribution >= 0.6 is 22.9 Å². The summed E-state index contributed by atoms with van der Waals surface area (Å²) in [6.45, 7) is 2.07. The first-order valence-corrected chi connectivity index (χ1v) is 8.20. The van der Waals surface area contributed by atoms with Crippen LogP contribution in [0.1, 0.15) is 23.0 Å². The molecule has 1 aromatic carbocycles. The molecule has 1 aliphatic rings. The van der Waals surface area contributed by atoms with Crippen molar-refractivity contribution in [3.8, 4) is 10.6 Å². The zero-order valence-electron chi connectivity index (χ0n) is 11.9. The van der Waals surface area contributed by atoms with Gasteiger partial charge in [0.1, 0.15) is 5.01 Å². The molecule has 0 radical (unpaired) electrons. The molecule has 3 rings (SSSR count). The third kappa shape index (κ3) is 2.98. The number of benzene rings is 1. The zero-order valence-corrected chi connectivity index (χ0v) is 13.4. The van der Waals surface area contributed by atoms with E-state index in [-0.39, 0.29) is 10.9 Å². The SMILES string of the molecule is CC1C=CC(c2csc(-c3cccc(C(=O)O)c3)n2)=CC1Cl. The van der Waals surface area contributed by atoms with E-state index in [0.717, 1.165) is 21.8 Å². The van der Waals surface area contributed by atoms with Crippen LogP contribution in [-0.2, 0) is 0 Å². The van der Waals surface area contributed by atoms with Gasteiger partial charge in [0.05, 0.1) is 16.6 Å². The van der Waals surface area contributed by atoms with Crippen molar-refractivity contribution in [1.82, 2.24) is 4.98 Å². The number of alkyl halides is 1. The Bertz CT molecular complexity index is 778. The molecule has 0 saturated heterocycles. The van der Waals surface area contributed by atoms with Crippen molar-refractivity contribution >= 4 is 34.5 Å². The Hall–Kier alpha value is -1.91. The van der Waals surface area contributed by atoms with E-state index in [1.807, 2.05) is 23.6 Å². The van der Waals surface area contributed by atoms with Crippen molar-refractivity contribution in [2.24, 2.45) is 5.92 Å². The lowest BCUT2D eigenvalue weighted by molar-refractivity contribution is 0.0697. The summed E-state index contributed by atoms with van der Waals surface area (Å²) in [6.07, 6.45) is 6.13. The zero-order chi connectivity index (χ0) is 15.7. The molecule has 0 fully saturated rings. The maximum atomic E-state index is 11.1. The second-order valence-corrected chi connectivity index (χ2v) is 6.57. The maximum absolute atomic E-state index is 11.1. The van der Waals surface area contributed by atoms with Crippen LogP contribution in [0.25, 0.3) is 16.1 Å². The minimum absolute atomic E-state index is 0.0273. The molecule has 3 nitrogen and oxygen atoms in total. The number of carboxylic acid groups (broad SMARTS) is 1. The molecule has 1 heterocycles. The molecule has 112 valence electrons. The number of hydrogen-bond acceptors (Lipinski definition) is 3. The number of nitrogens with zero attached hydrogens (tertiary/aromatic N) is 1. The van der Waals surface area contributed by atoms with E-state index >= 15 is 0 Å². The van der Waals surface area contributed by atoms with Gasteiger partial charge in [0, 0.05) is 10.9 Å². The molecule has 0 amide bonds. The Balaban J connectivity index is 1.92. The highest BCUT2D eigenvalue weighted by atomic mass is 35.5. The van der Waals surface area contributed by atoms with Crippen molar-refractivity contribution in [2.45, 2.75) is 12.3 Å². The van der Waals surface area contributed by atoms with E-state index in [1.165, 1.54) is 11.3 Å². The number of allylic oxidation sites excluding steroid dienone is 4. The van der Waals surface area contributed by atoms with Crippen molar-refractivity contribution in [3.63, 3.8) is 0 Å². The molecule has 2 aromatic rings. The molecule has 0 saturated carbocycles. The van der Waals surface area contributed by atoms with Gasteiger partial charge in [-0.1, -0.05) is 37.3 Å². The van der Waals surface area contributed by atoms with Crippen LogP contribution in [0.2, 0.25) is 0 Å². The largest absolute Gasteiger partial charge is 0.478 e. The minimum Gasteiger partial charge on any atom is -0.478 e. The summed E-state index contributed by atoms with van der Waals surface area (Å²) in [5.74, 6) is -0.619. The Kier molecular flexibility index (Phi) is 4.14. The van der Waals surface area contributed by atoms with E-state index in [2.05, 4.69) is 18.0 Å². The molecule has 0 spiro atoms. The molecule has 1 aliphatic carbocycles. The Morgan fingerprint density at radius 1 is 1.41 bits per heavy atom. The number of aromatic carboxylic acids is 1. The first-order valence-electron chi connectivity index (χ1n) is 6.88. The maximum Gasteiger partial charge on any atom is 0.335 e. The predicted molar refractivity (Wildman–Crippen MR) is 90.4 cm³/mol. The highest BCUT2D eigenvalue weighted by Crippen LogP contribution is 2.31. The van der Waals surface area contributed by atoms with Gasteiger partial charge in [-0.15, -0.1) is 22.9 Å². The molecule has 0 bridgehead atoms. The van der Waals surface area contributed by atoms with Crippen molar-refractivity contribution in [3.05, 3.63) is 59.1 Å². The van der Waals surface area contributed by atoms with Gasteiger partial charge in [0.25, 0.3) is 0 Å². The first kappa shape index (κ1) is 15.0. The standard InChI is InChI=1S/C17H14ClNO2S/c1-10-5-6-11(8-14(10)18)15-9-22-16(19-15)12-3-2-4-13(7-12)17(20)21/h2-10,14H,1H3,(H,20,21). The number of carbonyl (C=O) groups is 1. The van der Waals surface area contributed by atoms with Crippen LogP contribution in [0.3, 0.4) is 0 Å². The van der Waals surface area contributed by atoms with Crippen LogP contribution < -0.4 is 0 Å². The normalized spacial score (nSPS) is 20.7. The molecule has 5 heteroatoms. The van der Waals surface area contributed by atoms with Crippen LogP contribution in [0, 0.1) is 5.92 Å². The first-order chi connectivity index (χ1) is 10.5. The topological polar surface area (TPSA) is 50.2 Å². The lowest BCUT2D eigenvalue weighted by Gasteiger charge is -2.16. The summed E-state index contributed by atoms with van der Waals surface area (Å²) in [7, 11) is 0. The van der Waals surface area contributed by atoms with Crippen LogP contribution in [0.5, 0.6) is 0 Å². The average Bonchev–Trinajstić information content (AvgIpc) is 3.00. The third-order valence-electron chi connectivity index (χ3n) is 3.58. The van der Waals surface area contributed by atoms with Crippen molar-refractivity contribution < 1.29 is 9.90 Å². The minimum atomic E-state index is -0.935. The number of rotatable bonds is 3. The number of hydrogen-bond donors (Lipinski definition) is 1. The number of halogens is 1. The number of thiazole rings is 1. The Morgan fingerprint density at radius 2 is 2.23 bits per heavy atom. The Labute approximate surface area is 137 Å². The van der Waals surface area contributed by atoms with E-state index < -0.39 is 5.97 Å². The summed E-state index contributed by atoms with van der Waals surface area (Å²) in [5, 5.41) is 11.8. The van der Waals surface area contributed by atoms with Gasteiger partial charge in [-0.3, -0.25) is 0 Å². The number of aromatic nitrogens is 1. The molecule has 0 aliphatic heterocycles. The average molecular weight is 332 g/mol. The second-order valence-electron chi connectivity index (χ2n) is 5.21. The highest BCUT2D eigenvalue weighted by molar-refractivity contribution is 7.13. The highest BCUT2D eigenvalue weighted by Gasteiger charge is 2.17. The Morgan fingerprint density at radius 3 is 2.95 bits per heavy atom.